The Morgan fingerprint density at radius 1 is 0.929 bits per heavy atom. The number of hydrogen-bond donors (Lipinski definition) is 0. The van der Waals surface area contributed by atoms with Gasteiger partial charge in [-0.2, -0.15) is 17.5 Å². The molecule has 1 fully saturated rings. The Hall–Kier alpha value is -2.10. The van der Waals surface area contributed by atoms with Crippen molar-refractivity contribution in [1.82, 2.24) is 9.21 Å². The molecule has 0 radical (unpaired) electrons. The van der Waals surface area contributed by atoms with Crippen LogP contribution >= 0.6 is 11.6 Å². The number of nitrogens with zero attached hydrogens (tertiary/aromatic N) is 2. The van der Waals surface area contributed by atoms with E-state index >= 15 is 0 Å². The maximum Gasteiger partial charge on any atom is 0.416 e. The van der Waals surface area contributed by atoms with Gasteiger partial charge < -0.3 is 4.90 Å². The summed E-state index contributed by atoms with van der Waals surface area (Å²) in [6, 6.07) is 9.95. The van der Waals surface area contributed by atoms with E-state index in [4.69, 9.17) is 11.6 Å². The lowest BCUT2D eigenvalue weighted by molar-refractivity contribution is -0.137. The van der Waals surface area contributed by atoms with Gasteiger partial charge in [-0.25, -0.2) is 8.42 Å². The first-order valence-corrected chi connectivity index (χ1v) is 10.1. The van der Waals surface area contributed by atoms with Crippen molar-refractivity contribution in [1.29, 1.82) is 0 Å². The molecule has 28 heavy (non-hydrogen) atoms. The molecule has 0 bridgehead atoms. The van der Waals surface area contributed by atoms with Gasteiger partial charge in [0.15, 0.2) is 0 Å². The number of halogens is 4. The summed E-state index contributed by atoms with van der Waals surface area (Å²) in [4.78, 5) is 13.8. The number of sulfonamides is 1. The number of carbonyl (C=O) groups excluding carboxylic acids is 1. The molecule has 1 aliphatic heterocycles. The molecule has 1 aliphatic rings. The van der Waals surface area contributed by atoms with Crippen LogP contribution < -0.4 is 0 Å². The van der Waals surface area contributed by atoms with Gasteiger partial charge in [0, 0.05) is 26.2 Å². The number of rotatable bonds is 3. The van der Waals surface area contributed by atoms with Gasteiger partial charge >= 0.3 is 6.18 Å². The number of amides is 1. The van der Waals surface area contributed by atoms with Gasteiger partial charge in [0.05, 0.1) is 21.0 Å². The average Bonchev–Trinajstić information content (AvgIpc) is 2.67. The van der Waals surface area contributed by atoms with E-state index in [2.05, 4.69) is 0 Å². The maximum atomic E-state index is 12.7. The molecule has 0 atom stereocenters. The largest absolute Gasteiger partial charge is 0.416 e. The van der Waals surface area contributed by atoms with Gasteiger partial charge in [-0.05, 0) is 36.4 Å². The van der Waals surface area contributed by atoms with Crippen LogP contribution in [0.5, 0.6) is 0 Å². The third-order valence-corrected chi connectivity index (χ3v) is 6.69. The molecule has 10 heteroatoms. The van der Waals surface area contributed by atoms with E-state index in [9.17, 15) is 26.4 Å². The minimum atomic E-state index is -4.53. The molecule has 0 unspecified atom stereocenters. The number of hydrogen-bond acceptors (Lipinski definition) is 3. The van der Waals surface area contributed by atoms with Gasteiger partial charge in [-0.1, -0.05) is 23.7 Å². The first kappa shape index (κ1) is 20.6. The van der Waals surface area contributed by atoms with Crippen LogP contribution in [0.4, 0.5) is 13.2 Å². The van der Waals surface area contributed by atoms with Gasteiger partial charge in [0.1, 0.15) is 0 Å². The number of alkyl halides is 3. The predicted octanol–water partition coefficient (Wildman–Crippen LogP) is 3.51. The number of piperazine rings is 1. The minimum absolute atomic E-state index is 0.0412. The highest BCUT2D eigenvalue weighted by atomic mass is 35.5. The zero-order valence-corrected chi connectivity index (χ0v) is 16.1. The highest BCUT2D eigenvalue weighted by Gasteiger charge is 2.33. The molecule has 2 aromatic carbocycles. The summed E-state index contributed by atoms with van der Waals surface area (Å²) in [5.41, 5.74) is -0.579. The van der Waals surface area contributed by atoms with Crippen LogP contribution in [0.25, 0.3) is 0 Å². The van der Waals surface area contributed by atoms with E-state index in [0.29, 0.717) is 10.6 Å². The van der Waals surface area contributed by atoms with Crippen molar-refractivity contribution < 1.29 is 26.4 Å². The Balaban J connectivity index is 1.70. The van der Waals surface area contributed by atoms with Crippen molar-refractivity contribution in [2.45, 2.75) is 11.1 Å². The van der Waals surface area contributed by atoms with E-state index in [1.54, 1.807) is 24.3 Å². The van der Waals surface area contributed by atoms with Crippen LogP contribution in [-0.2, 0) is 16.2 Å². The molecule has 0 aliphatic carbocycles. The Bertz CT molecular complexity index is 970. The Labute approximate surface area is 165 Å². The van der Waals surface area contributed by atoms with E-state index in [0.717, 1.165) is 28.6 Å². The topological polar surface area (TPSA) is 57.7 Å². The van der Waals surface area contributed by atoms with Crippen LogP contribution in [0.1, 0.15) is 15.9 Å². The van der Waals surface area contributed by atoms with E-state index in [-0.39, 0.29) is 37.0 Å². The zero-order valence-electron chi connectivity index (χ0n) is 14.5. The molecular formula is C18H16ClF3N2O3S. The van der Waals surface area contributed by atoms with E-state index in [1.165, 1.54) is 4.90 Å². The maximum absolute atomic E-state index is 12.7. The second kappa shape index (κ2) is 7.73. The van der Waals surface area contributed by atoms with Crippen molar-refractivity contribution in [3.63, 3.8) is 0 Å². The highest BCUT2D eigenvalue weighted by molar-refractivity contribution is 7.89. The van der Waals surface area contributed by atoms with Gasteiger partial charge in [0.25, 0.3) is 5.91 Å². The lowest BCUT2D eigenvalue weighted by atomic mass is 10.2. The van der Waals surface area contributed by atoms with Crippen molar-refractivity contribution in [3.8, 4) is 0 Å². The van der Waals surface area contributed by atoms with Crippen LogP contribution in [0.3, 0.4) is 0 Å². The molecule has 3 rings (SSSR count). The average molecular weight is 433 g/mol. The summed E-state index contributed by atoms with van der Waals surface area (Å²) < 4.78 is 64.4. The second-order valence-corrected chi connectivity index (χ2v) is 8.54. The normalized spacial score (nSPS) is 16.2. The van der Waals surface area contributed by atoms with Gasteiger partial charge in [-0.15, -0.1) is 0 Å². The van der Waals surface area contributed by atoms with Gasteiger partial charge in [0.2, 0.25) is 10.0 Å². The number of benzene rings is 2. The van der Waals surface area contributed by atoms with E-state index in [1.807, 2.05) is 0 Å². The Morgan fingerprint density at radius 3 is 2.04 bits per heavy atom. The molecule has 150 valence electrons. The lowest BCUT2D eigenvalue weighted by Gasteiger charge is -2.34. The molecule has 1 saturated heterocycles. The molecule has 0 spiro atoms. The van der Waals surface area contributed by atoms with Crippen LogP contribution in [0.15, 0.2) is 53.4 Å². The summed E-state index contributed by atoms with van der Waals surface area (Å²) in [5.74, 6) is -0.294. The quantitative estimate of drug-likeness (QED) is 0.745. The molecule has 2 aromatic rings. The second-order valence-electron chi connectivity index (χ2n) is 6.20. The predicted molar refractivity (Wildman–Crippen MR) is 97.6 cm³/mol. The molecular weight excluding hydrogens is 417 g/mol. The zero-order chi connectivity index (χ0) is 20.5. The summed E-state index contributed by atoms with van der Waals surface area (Å²) in [6.45, 7) is 0.396. The Kier molecular flexibility index (Phi) is 5.69. The van der Waals surface area contributed by atoms with Crippen molar-refractivity contribution in [3.05, 3.63) is 64.7 Å². The molecule has 1 amide bonds. The smallest absolute Gasteiger partial charge is 0.336 e. The van der Waals surface area contributed by atoms with Crippen molar-refractivity contribution in [2.24, 2.45) is 0 Å². The fourth-order valence-corrected chi connectivity index (χ4v) is 4.54. The van der Waals surface area contributed by atoms with Crippen molar-refractivity contribution >= 4 is 27.5 Å². The highest BCUT2D eigenvalue weighted by Crippen LogP contribution is 2.30. The first-order valence-electron chi connectivity index (χ1n) is 8.32. The summed E-state index contributed by atoms with van der Waals surface area (Å²) >= 11 is 6.03. The SMILES string of the molecule is O=C(c1ccccc1Cl)N1CCN(S(=O)(=O)c2ccc(C(F)(F)F)cc2)CC1. The third-order valence-electron chi connectivity index (χ3n) is 4.45. The molecule has 5 nitrogen and oxygen atoms in total. The monoisotopic (exact) mass is 432 g/mol. The summed E-state index contributed by atoms with van der Waals surface area (Å²) in [6.07, 6.45) is -4.53. The third kappa shape index (κ3) is 4.16. The standard InChI is InChI=1S/C18H16ClF3N2O3S/c19-16-4-2-1-3-15(16)17(25)23-9-11-24(12-10-23)28(26,27)14-7-5-13(6-8-14)18(20,21)22/h1-8H,9-12H2. The summed E-state index contributed by atoms with van der Waals surface area (Å²) in [7, 11) is -3.94. The van der Waals surface area contributed by atoms with Crippen LogP contribution in [0.2, 0.25) is 5.02 Å². The first-order chi connectivity index (χ1) is 13.1. The molecule has 1 heterocycles. The fraction of sp³-hybridized carbons (Fsp3) is 0.278. The fourth-order valence-electron chi connectivity index (χ4n) is 2.90. The molecule has 0 N–H and O–H groups in total. The van der Waals surface area contributed by atoms with Gasteiger partial charge in [-0.3, -0.25) is 4.79 Å². The number of carbonyl (C=O) groups is 1. The summed E-state index contributed by atoms with van der Waals surface area (Å²) in [5, 5.41) is 0.312. The molecule has 0 aromatic heterocycles. The van der Waals surface area contributed by atoms with Crippen LogP contribution in [-0.4, -0.2) is 49.7 Å². The van der Waals surface area contributed by atoms with E-state index < -0.39 is 21.8 Å². The Morgan fingerprint density at radius 2 is 1.50 bits per heavy atom. The lowest BCUT2D eigenvalue weighted by Crippen LogP contribution is -2.50. The molecule has 0 saturated carbocycles. The van der Waals surface area contributed by atoms with Crippen LogP contribution in [0, 0.1) is 0 Å². The van der Waals surface area contributed by atoms with Crippen molar-refractivity contribution in [2.75, 3.05) is 26.2 Å². The minimum Gasteiger partial charge on any atom is -0.336 e.